The van der Waals surface area contributed by atoms with Crippen molar-refractivity contribution in [2.24, 2.45) is 5.41 Å². The topological polar surface area (TPSA) is 43.4 Å². The molecule has 1 aromatic carbocycles. The smallest absolute Gasteiger partial charge is 0.324 e. The first-order valence-corrected chi connectivity index (χ1v) is 8.04. The van der Waals surface area contributed by atoms with E-state index in [2.05, 4.69) is 6.92 Å². The van der Waals surface area contributed by atoms with Crippen LogP contribution in [0.5, 0.6) is 0 Å². The van der Waals surface area contributed by atoms with Gasteiger partial charge >= 0.3 is 5.97 Å². The first kappa shape index (κ1) is 16.5. The molecule has 0 aliphatic heterocycles. The predicted molar refractivity (Wildman–Crippen MR) is 87.3 cm³/mol. The van der Waals surface area contributed by atoms with E-state index in [1.54, 1.807) is 6.92 Å². The summed E-state index contributed by atoms with van der Waals surface area (Å²) in [5.74, 6) is -0.522. The highest BCUT2D eigenvalue weighted by atomic mass is 16.5. The van der Waals surface area contributed by atoms with Gasteiger partial charge in [0.1, 0.15) is 0 Å². The van der Waals surface area contributed by atoms with Gasteiger partial charge < -0.3 is 4.74 Å². The molecular formula is C19H24O3. The SMILES string of the molecule is CCCCC1=C(c2ccccc2)C(C(C)=O)(C(=O)OCC)C1. The second-order valence-electron chi connectivity index (χ2n) is 5.81. The lowest BCUT2D eigenvalue weighted by molar-refractivity contribution is -0.156. The molecule has 0 saturated carbocycles. The van der Waals surface area contributed by atoms with Crippen molar-refractivity contribution in [3.63, 3.8) is 0 Å². The molecule has 0 N–H and O–H groups in total. The zero-order chi connectivity index (χ0) is 16.2. The van der Waals surface area contributed by atoms with Crippen LogP contribution in [-0.4, -0.2) is 18.4 Å². The van der Waals surface area contributed by atoms with Crippen molar-refractivity contribution in [1.82, 2.24) is 0 Å². The summed E-state index contributed by atoms with van der Waals surface area (Å²) in [6.45, 7) is 5.70. The highest BCUT2D eigenvalue weighted by Gasteiger charge is 2.55. The minimum Gasteiger partial charge on any atom is -0.465 e. The number of ketones is 1. The molecule has 1 unspecified atom stereocenters. The highest BCUT2D eigenvalue weighted by Crippen LogP contribution is 2.55. The number of hydrogen-bond acceptors (Lipinski definition) is 3. The summed E-state index contributed by atoms with van der Waals surface area (Å²) >= 11 is 0. The number of esters is 1. The van der Waals surface area contributed by atoms with Gasteiger partial charge in [-0.2, -0.15) is 0 Å². The van der Waals surface area contributed by atoms with Gasteiger partial charge in [-0.3, -0.25) is 9.59 Å². The summed E-state index contributed by atoms with van der Waals surface area (Å²) in [7, 11) is 0. The van der Waals surface area contributed by atoms with Crippen molar-refractivity contribution < 1.29 is 14.3 Å². The zero-order valence-corrected chi connectivity index (χ0v) is 13.6. The average Bonchev–Trinajstić information content (AvgIpc) is 2.47. The van der Waals surface area contributed by atoms with Crippen LogP contribution in [-0.2, 0) is 14.3 Å². The lowest BCUT2D eigenvalue weighted by Crippen LogP contribution is -2.47. The van der Waals surface area contributed by atoms with Gasteiger partial charge in [-0.1, -0.05) is 49.2 Å². The van der Waals surface area contributed by atoms with Crippen molar-refractivity contribution in [2.45, 2.75) is 46.5 Å². The molecule has 1 aliphatic rings. The first-order valence-electron chi connectivity index (χ1n) is 8.04. The second kappa shape index (κ2) is 6.91. The van der Waals surface area contributed by atoms with Crippen LogP contribution in [0, 0.1) is 5.41 Å². The Balaban J connectivity index is 2.49. The van der Waals surface area contributed by atoms with Gasteiger partial charge in [0, 0.05) is 0 Å². The van der Waals surface area contributed by atoms with Gasteiger partial charge in [-0.15, -0.1) is 0 Å². The Labute approximate surface area is 132 Å². The molecule has 3 heteroatoms. The number of carbonyl (C=O) groups is 2. The minimum atomic E-state index is -1.10. The number of unbranched alkanes of at least 4 members (excludes halogenated alkanes) is 1. The van der Waals surface area contributed by atoms with Crippen molar-refractivity contribution in [3.8, 4) is 0 Å². The Kier molecular flexibility index (Phi) is 5.17. The van der Waals surface area contributed by atoms with E-state index in [4.69, 9.17) is 4.74 Å². The van der Waals surface area contributed by atoms with Crippen molar-refractivity contribution in [3.05, 3.63) is 41.5 Å². The van der Waals surface area contributed by atoms with E-state index in [1.807, 2.05) is 30.3 Å². The minimum absolute atomic E-state index is 0.120. The third-order valence-corrected chi connectivity index (χ3v) is 4.38. The fraction of sp³-hybridized carbons (Fsp3) is 0.474. The van der Waals surface area contributed by atoms with Crippen molar-refractivity contribution in [1.29, 1.82) is 0 Å². The van der Waals surface area contributed by atoms with Crippen LogP contribution in [0.1, 0.15) is 52.0 Å². The Morgan fingerprint density at radius 3 is 2.41 bits per heavy atom. The lowest BCUT2D eigenvalue weighted by atomic mass is 9.58. The van der Waals surface area contributed by atoms with Gasteiger partial charge in [0.25, 0.3) is 0 Å². The van der Waals surface area contributed by atoms with Gasteiger partial charge in [0.15, 0.2) is 11.2 Å². The van der Waals surface area contributed by atoms with E-state index < -0.39 is 11.4 Å². The second-order valence-corrected chi connectivity index (χ2v) is 5.81. The normalized spacial score (nSPS) is 20.5. The Hall–Kier alpha value is -1.90. The van der Waals surface area contributed by atoms with E-state index in [0.29, 0.717) is 13.0 Å². The maximum Gasteiger partial charge on any atom is 0.324 e. The van der Waals surface area contributed by atoms with Gasteiger partial charge in [-0.05, 0) is 44.2 Å². The molecule has 22 heavy (non-hydrogen) atoms. The van der Waals surface area contributed by atoms with Crippen molar-refractivity contribution >= 4 is 17.3 Å². The third-order valence-electron chi connectivity index (χ3n) is 4.38. The van der Waals surface area contributed by atoms with Gasteiger partial charge in [-0.25, -0.2) is 0 Å². The molecule has 0 fully saturated rings. The Morgan fingerprint density at radius 2 is 1.86 bits per heavy atom. The Morgan fingerprint density at radius 1 is 1.18 bits per heavy atom. The number of carbonyl (C=O) groups excluding carboxylic acids is 2. The van der Waals surface area contributed by atoms with Gasteiger partial charge in [0.05, 0.1) is 6.61 Å². The number of ether oxygens (including phenoxy) is 1. The summed E-state index contributed by atoms with van der Waals surface area (Å²) in [6.07, 6.45) is 3.61. The summed E-state index contributed by atoms with van der Waals surface area (Å²) in [5, 5.41) is 0. The molecular weight excluding hydrogens is 276 g/mol. The average molecular weight is 300 g/mol. The fourth-order valence-corrected chi connectivity index (χ4v) is 3.22. The molecule has 0 radical (unpaired) electrons. The quantitative estimate of drug-likeness (QED) is 0.560. The van der Waals surface area contributed by atoms with Crippen LogP contribution in [0.15, 0.2) is 35.9 Å². The van der Waals surface area contributed by atoms with Crippen LogP contribution >= 0.6 is 0 Å². The van der Waals surface area contributed by atoms with Crippen molar-refractivity contribution in [2.75, 3.05) is 6.61 Å². The summed E-state index contributed by atoms with van der Waals surface area (Å²) in [5.41, 5.74) is 1.97. The maximum absolute atomic E-state index is 12.5. The highest BCUT2D eigenvalue weighted by molar-refractivity contribution is 6.17. The molecule has 0 heterocycles. The summed E-state index contributed by atoms with van der Waals surface area (Å²) in [6, 6.07) is 9.76. The number of rotatable bonds is 7. The molecule has 1 aromatic rings. The predicted octanol–water partition coefficient (Wildman–Crippen LogP) is 4.17. The van der Waals surface area contributed by atoms with E-state index >= 15 is 0 Å². The molecule has 3 nitrogen and oxygen atoms in total. The zero-order valence-electron chi connectivity index (χ0n) is 13.6. The monoisotopic (exact) mass is 300 g/mol. The van der Waals surface area contributed by atoms with E-state index in [-0.39, 0.29) is 5.78 Å². The summed E-state index contributed by atoms with van der Waals surface area (Å²) in [4.78, 5) is 24.8. The largest absolute Gasteiger partial charge is 0.465 e. The molecule has 1 aliphatic carbocycles. The number of allylic oxidation sites excluding steroid dienone is 1. The van der Waals surface area contributed by atoms with E-state index in [1.165, 1.54) is 12.5 Å². The maximum atomic E-state index is 12.5. The molecule has 118 valence electrons. The van der Waals surface area contributed by atoms with Gasteiger partial charge in [0.2, 0.25) is 0 Å². The molecule has 0 bridgehead atoms. The van der Waals surface area contributed by atoms with Crippen LogP contribution in [0.25, 0.3) is 5.57 Å². The number of hydrogen-bond donors (Lipinski definition) is 0. The van der Waals surface area contributed by atoms with Crippen LogP contribution in [0.2, 0.25) is 0 Å². The van der Waals surface area contributed by atoms with E-state index in [9.17, 15) is 9.59 Å². The van der Waals surface area contributed by atoms with Crippen LogP contribution in [0.3, 0.4) is 0 Å². The Bertz CT molecular complexity index is 586. The third kappa shape index (κ3) is 2.72. The number of benzene rings is 1. The molecule has 1 atom stereocenters. The molecule has 0 saturated heterocycles. The molecule has 0 spiro atoms. The summed E-state index contributed by atoms with van der Waals surface area (Å²) < 4.78 is 5.22. The molecule has 0 aromatic heterocycles. The first-order chi connectivity index (χ1) is 10.6. The molecule has 0 amide bonds. The lowest BCUT2D eigenvalue weighted by Gasteiger charge is -2.42. The van der Waals surface area contributed by atoms with E-state index in [0.717, 1.165) is 30.4 Å². The van der Waals surface area contributed by atoms with Crippen LogP contribution < -0.4 is 0 Å². The fourth-order valence-electron chi connectivity index (χ4n) is 3.22. The van der Waals surface area contributed by atoms with Crippen LogP contribution in [0.4, 0.5) is 0 Å². The molecule has 2 rings (SSSR count). The number of Topliss-reactive ketones (excluding diaryl/α,β-unsaturated/α-hetero) is 1. The standard InChI is InChI=1S/C19H24O3/c1-4-6-10-16-13-19(14(3)20,18(21)22-5-2)17(16)15-11-8-7-9-12-15/h7-9,11-12H,4-6,10,13H2,1-3H3.